The maximum Gasteiger partial charge on any atom is 0.387 e. The highest BCUT2D eigenvalue weighted by molar-refractivity contribution is 5.88. The van der Waals surface area contributed by atoms with E-state index in [9.17, 15) is 13.6 Å². The Labute approximate surface area is 144 Å². The number of hydrogen-bond donors (Lipinski definition) is 1. The number of carbonyl (C=O) groups is 1. The average molecular weight is 348 g/mol. The Bertz CT molecular complexity index is 748. The first-order valence-corrected chi connectivity index (χ1v) is 7.53. The predicted octanol–water partition coefficient (Wildman–Crippen LogP) is 4.21. The van der Waals surface area contributed by atoms with Crippen molar-refractivity contribution in [3.63, 3.8) is 0 Å². The van der Waals surface area contributed by atoms with E-state index in [4.69, 9.17) is 5.11 Å². The van der Waals surface area contributed by atoms with Crippen molar-refractivity contribution >= 4 is 17.9 Å². The van der Waals surface area contributed by atoms with Gasteiger partial charge in [-0.3, -0.25) is 5.01 Å². The largest absolute Gasteiger partial charge is 0.478 e. The molecule has 0 radical (unpaired) electrons. The highest BCUT2D eigenvalue weighted by Gasteiger charge is 2.08. The zero-order valence-corrected chi connectivity index (χ0v) is 13.8. The number of aromatic carboxylic acids is 1. The topological polar surface area (TPSA) is 62.1 Å². The number of carboxylic acids is 1. The lowest BCUT2D eigenvalue weighted by Crippen LogP contribution is -2.11. The van der Waals surface area contributed by atoms with Gasteiger partial charge in [0.2, 0.25) is 0 Å². The molecule has 0 spiro atoms. The van der Waals surface area contributed by atoms with Crippen LogP contribution in [0.5, 0.6) is 5.75 Å². The number of hydrazone groups is 1. The Kier molecular flexibility index (Phi) is 6.05. The minimum Gasteiger partial charge on any atom is -0.478 e. The van der Waals surface area contributed by atoms with Gasteiger partial charge in [-0.1, -0.05) is 25.1 Å². The number of nitrogens with zero attached hydrogens (tertiary/aromatic N) is 2. The second-order valence-corrected chi connectivity index (χ2v) is 5.38. The van der Waals surface area contributed by atoms with Crippen molar-refractivity contribution in [2.45, 2.75) is 19.5 Å². The summed E-state index contributed by atoms with van der Waals surface area (Å²) in [5, 5.41) is 14.9. The number of carboxylic acid groups (broad SMARTS) is 1. The highest BCUT2D eigenvalue weighted by Crippen LogP contribution is 2.20. The van der Waals surface area contributed by atoms with Crippen molar-refractivity contribution in [3.05, 3.63) is 59.7 Å². The average Bonchev–Trinajstić information content (AvgIpc) is 2.59. The number of hydrogen-bond acceptors (Lipinski definition) is 4. The zero-order valence-electron chi connectivity index (χ0n) is 13.8. The second-order valence-electron chi connectivity index (χ2n) is 5.38. The minimum atomic E-state index is -2.85. The van der Waals surface area contributed by atoms with Gasteiger partial charge in [0, 0.05) is 19.2 Å². The van der Waals surface area contributed by atoms with Crippen LogP contribution in [-0.4, -0.2) is 30.9 Å². The summed E-state index contributed by atoms with van der Waals surface area (Å²) in [6.45, 7) is -0.936. The fourth-order valence-electron chi connectivity index (χ4n) is 2.15. The first-order chi connectivity index (χ1) is 11.9. The molecule has 2 rings (SSSR count). The standard InChI is InChI=1S/C18H18F2N2O3/c1-12(13-6-8-16(9-7-13)25-18(19)20)11-21-22(2)15-5-3-4-14(10-15)17(23)24/h3-12,18H,1-2H3,(H,23,24)/b21-11-. The molecule has 0 aliphatic heterocycles. The monoisotopic (exact) mass is 348 g/mol. The molecule has 5 nitrogen and oxygen atoms in total. The van der Waals surface area contributed by atoms with Crippen LogP contribution in [0.25, 0.3) is 0 Å². The molecule has 0 amide bonds. The van der Waals surface area contributed by atoms with Crippen molar-refractivity contribution in [2.75, 3.05) is 12.1 Å². The van der Waals surface area contributed by atoms with Crippen molar-refractivity contribution in [1.29, 1.82) is 0 Å². The Morgan fingerprint density at radius 2 is 1.92 bits per heavy atom. The van der Waals surface area contributed by atoms with Gasteiger partial charge in [0.05, 0.1) is 11.3 Å². The van der Waals surface area contributed by atoms with Crippen LogP contribution in [0, 0.1) is 0 Å². The summed E-state index contributed by atoms with van der Waals surface area (Å²) >= 11 is 0. The van der Waals surface area contributed by atoms with Gasteiger partial charge in [0.1, 0.15) is 5.75 Å². The number of alkyl halides is 2. The molecule has 7 heteroatoms. The molecule has 0 bridgehead atoms. The van der Waals surface area contributed by atoms with Gasteiger partial charge < -0.3 is 9.84 Å². The molecule has 0 aliphatic rings. The molecule has 25 heavy (non-hydrogen) atoms. The van der Waals surface area contributed by atoms with Crippen LogP contribution in [0.2, 0.25) is 0 Å². The lowest BCUT2D eigenvalue weighted by molar-refractivity contribution is -0.0498. The van der Waals surface area contributed by atoms with E-state index >= 15 is 0 Å². The van der Waals surface area contributed by atoms with E-state index in [-0.39, 0.29) is 17.2 Å². The van der Waals surface area contributed by atoms with Gasteiger partial charge in [-0.25, -0.2) is 4.79 Å². The van der Waals surface area contributed by atoms with Gasteiger partial charge in [0.25, 0.3) is 0 Å². The molecule has 1 unspecified atom stereocenters. The molecule has 1 N–H and O–H groups in total. The van der Waals surface area contributed by atoms with Crippen LogP contribution in [0.3, 0.4) is 0 Å². The predicted molar refractivity (Wildman–Crippen MR) is 91.8 cm³/mol. The molecule has 0 saturated heterocycles. The summed E-state index contributed by atoms with van der Waals surface area (Å²) in [6.07, 6.45) is 1.69. The first kappa shape index (κ1) is 18.4. The van der Waals surface area contributed by atoms with Crippen molar-refractivity contribution < 1.29 is 23.4 Å². The minimum absolute atomic E-state index is 0.0642. The molecule has 2 aromatic rings. The smallest absolute Gasteiger partial charge is 0.387 e. The second kappa shape index (κ2) is 8.23. The van der Waals surface area contributed by atoms with E-state index in [0.717, 1.165) is 5.56 Å². The lowest BCUT2D eigenvalue weighted by Gasteiger charge is -2.15. The first-order valence-electron chi connectivity index (χ1n) is 7.53. The van der Waals surface area contributed by atoms with E-state index in [0.29, 0.717) is 5.69 Å². The van der Waals surface area contributed by atoms with Gasteiger partial charge in [-0.05, 0) is 35.9 Å². The quantitative estimate of drug-likeness (QED) is 0.601. The van der Waals surface area contributed by atoms with Crippen molar-refractivity contribution in [3.8, 4) is 5.75 Å². The third-order valence-electron chi connectivity index (χ3n) is 3.56. The van der Waals surface area contributed by atoms with Crippen LogP contribution < -0.4 is 9.75 Å². The highest BCUT2D eigenvalue weighted by atomic mass is 19.3. The van der Waals surface area contributed by atoms with Crippen LogP contribution in [-0.2, 0) is 0 Å². The maximum atomic E-state index is 12.1. The summed E-state index contributed by atoms with van der Waals surface area (Å²) in [6, 6.07) is 12.8. The molecule has 0 heterocycles. The molecule has 0 aliphatic carbocycles. The SMILES string of the molecule is CC(/C=N\N(C)c1cccc(C(=O)O)c1)c1ccc(OC(F)F)cc1. The number of rotatable bonds is 7. The summed E-state index contributed by atoms with van der Waals surface area (Å²) in [5.74, 6) is -0.963. The number of anilines is 1. The van der Waals surface area contributed by atoms with Crippen molar-refractivity contribution in [1.82, 2.24) is 0 Å². The Hall–Kier alpha value is -2.96. The number of ether oxygens (including phenoxy) is 1. The third kappa shape index (κ3) is 5.27. The van der Waals surface area contributed by atoms with Gasteiger partial charge in [-0.2, -0.15) is 13.9 Å². The number of benzene rings is 2. The number of halogens is 2. The summed E-state index contributed by atoms with van der Waals surface area (Å²) in [7, 11) is 1.71. The Balaban J connectivity index is 2.05. The maximum absolute atomic E-state index is 12.1. The molecule has 0 saturated carbocycles. The Morgan fingerprint density at radius 1 is 1.24 bits per heavy atom. The van der Waals surface area contributed by atoms with Gasteiger partial charge in [0.15, 0.2) is 0 Å². The third-order valence-corrected chi connectivity index (χ3v) is 3.56. The fraction of sp³-hybridized carbons (Fsp3) is 0.222. The summed E-state index contributed by atoms with van der Waals surface area (Å²) in [4.78, 5) is 11.0. The normalized spacial score (nSPS) is 12.4. The molecule has 1 atom stereocenters. The van der Waals surface area contributed by atoms with E-state index in [2.05, 4.69) is 9.84 Å². The van der Waals surface area contributed by atoms with E-state index in [1.807, 2.05) is 6.92 Å². The molecule has 132 valence electrons. The summed E-state index contributed by atoms with van der Waals surface area (Å²) in [5.41, 5.74) is 1.71. The molecule has 0 aromatic heterocycles. The van der Waals surface area contributed by atoms with Crippen LogP contribution in [0.4, 0.5) is 14.5 Å². The molecule has 2 aromatic carbocycles. The molecular formula is C18H18F2N2O3. The molecule has 0 fully saturated rings. The van der Waals surface area contributed by atoms with Gasteiger partial charge >= 0.3 is 12.6 Å². The van der Waals surface area contributed by atoms with Gasteiger partial charge in [-0.15, -0.1) is 0 Å². The van der Waals surface area contributed by atoms with Crippen molar-refractivity contribution in [2.24, 2.45) is 5.10 Å². The zero-order chi connectivity index (χ0) is 18.4. The van der Waals surface area contributed by atoms with Crippen LogP contribution in [0.1, 0.15) is 28.8 Å². The van der Waals surface area contributed by atoms with Crippen LogP contribution in [0.15, 0.2) is 53.6 Å². The Morgan fingerprint density at radius 3 is 2.52 bits per heavy atom. The van der Waals surface area contributed by atoms with E-state index in [1.165, 1.54) is 24.3 Å². The van der Waals surface area contributed by atoms with E-state index in [1.54, 1.807) is 42.5 Å². The van der Waals surface area contributed by atoms with Crippen LogP contribution >= 0.6 is 0 Å². The summed E-state index contributed by atoms with van der Waals surface area (Å²) < 4.78 is 28.6. The van der Waals surface area contributed by atoms with E-state index < -0.39 is 12.6 Å². The lowest BCUT2D eigenvalue weighted by atomic mass is 10.0. The molecular weight excluding hydrogens is 330 g/mol. The fourth-order valence-corrected chi connectivity index (χ4v) is 2.15.